The third-order valence-electron chi connectivity index (χ3n) is 5.26. The molecule has 1 saturated heterocycles. The second kappa shape index (κ2) is 10.1. The van der Waals surface area contributed by atoms with E-state index in [-0.39, 0.29) is 23.5 Å². The molecule has 0 aromatic carbocycles. The van der Waals surface area contributed by atoms with Gasteiger partial charge in [0.25, 0.3) is 5.91 Å². The van der Waals surface area contributed by atoms with Crippen molar-refractivity contribution in [3.63, 3.8) is 0 Å². The van der Waals surface area contributed by atoms with E-state index in [9.17, 15) is 24.3 Å². The zero-order valence-electron chi connectivity index (χ0n) is 17.6. The van der Waals surface area contributed by atoms with Crippen LogP contribution in [0.5, 0.6) is 0 Å². The number of allylic oxidation sites excluding steroid dienone is 1. The zero-order chi connectivity index (χ0) is 24.7. The highest BCUT2D eigenvalue weighted by Crippen LogP contribution is 2.41. The van der Waals surface area contributed by atoms with Crippen molar-refractivity contribution in [1.82, 2.24) is 10.2 Å². The number of nitrogens with one attached hydrogen (secondary N) is 1. The second-order valence-electron chi connectivity index (χ2n) is 7.49. The van der Waals surface area contributed by atoms with Gasteiger partial charge in [0.2, 0.25) is 5.91 Å². The van der Waals surface area contributed by atoms with Crippen LogP contribution >= 0.6 is 69.1 Å². The summed E-state index contributed by atoms with van der Waals surface area (Å²) < 4.78 is 2.14. The lowest BCUT2D eigenvalue weighted by molar-refractivity contribution is -0.150. The lowest BCUT2D eigenvalue weighted by Gasteiger charge is -2.49. The largest absolute Gasteiger partial charge is 0.477 e. The van der Waals surface area contributed by atoms with Gasteiger partial charge in [-0.2, -0.15) is 0 Å². The van der Waals surface area contributed by atoms with E-state index in [4.69, 9.17) is 11.6 Å². The van der Waals surface area contributed by atoms with Gasteiger partial charge in [-0.1, -0.05) is 29.4 Å². The van der Waals surface area contributed by atoms with Crippen molar-refractivity contribution in [2.24, 2.45) is 0 Å². The summed E-state index contributed by atoms with van der Waals surface area (Å²) in [4.78, 5) is 51.6. The van der Waals surface area contributed by atoms with Crippen LogP contribution in [0.25, 0.3) is 9.40 Å². The molecule has 2 N–H and O–H groups in total. The molecule has 1 fully saturated rings. The summed E-state index contributed by atoms with van der Waals surface area (Å²) >= 11 is 13.0. The van der Waals surface area contributed by atoms with Gasteiger partial charge < -0.3 is 10.4 Å². The van der Waals surface area contributed by atoms with Gasteiger partial charge in [0.1, 0.15) is 17.1 Å². The molecule has 2 amide bonds. The van der Waals surface area contributed by atoms with Gasteiger partial charge in [-0.15, -0.1) is 45.8 Å². The van der Waals surface area contributed by atoms with Gasteiger partial charge in [-0.25, -0.2) is 4.79 Å². The van der Waals surface area contributed by atoms with E-state index in [1.807, 2.05) is 17.5 Å². The quantitative estimate of drug-likeness (QED) is 0.309. The third-order valence-corrected chi connectivity index (χ3v) is 10.9. The number of halogens is 1. The summed E-state index contributed by atoms with van der Waals surface area (Å²) in [7, 11) is 0. The zero-order valence-corrected chi connectivity index (χ0v) is 22.4. The number of carboxylic acids is 1. The van der Waals surface area contributed by atoms with Crippen LogP contribution < -0.4 is 10.7 Å². The summed E-state index contributed by atoms with van der Waals surface area (Å²) in [6, 6.07) is 6.15. The maximum absolute atomic E-state index is 12.8. The lowest BCUT2D eigenvalue weighted by Crippen LogP contribution is -2.70. The topological polar surface area (TPSA) is 104 Å². The summed E-state index contributed by atoms with van der Waals surface area (Å²) in [5, 5.41) is 16.3. The maximum atomic E-state index is 12.8. The molecule has 7 nitrogen and oxygen atoms in total. The molecule has 3 aromatic heterocycles. The normalized spacial score (nSPS) is 19.8. The third kappa shape index (κ3) is 4.95. The fraction of sp³-hybridized carbons (Fsp3) is 0.182. The first-order valence-corrected chi connectivity index (χ1v) is 14.9. The average molecular weight is 583 g/mol. The number of β-lactam (4-membered cyclic amide) rings is 1. The van der Waals surface area contributed by atoms with E-state index < -0.39 is 23.3 Å². The van der Waals surface area contributed by atoms with Gasteiger partial charge in [-0.05, 0) is 34.6 Å². The minimum atomic E-state index is -1.20. The first-order chi connectivity index (χ1) is 16.8. The summed E-state index contributed by atoms with van der Waals surface area (Å²) in [6.45, 7) is 0. The minimum Gasteiger partial charge on any atom is -0.477 e. The molecular formula is C22H15ClN2O5S5. The first kappa shape index (κ1) is 24.6. The number of nitrogens with zero attached hydrogens (tertiary/aromatic N) is 1. The van der Waals surface area contributed by atoms with E-state index in [1.165, 1.54) is 68.5 Å². The highest BCUT2D eigenvalue weighted by molar-refractivity contribution is 8.04. The predicted molar refractivity (Wildman–Crippen MR) is 144 cm³/mol. The number of amides is 2. The van der Waals surface area contributed by atoms with Gasteiger partial charge in [0.05, 0.1) is 24.4 Å². The Labute approximate surface area is 224 Å². The maximum Gasteiger partial charge on any atom is 0.352 e. The number of thiophene rings is 2. The molecule has 3 aromatic rings. The van der Waals surface area contributed by atoms with Crippen LogP contribution in [-0.4, -0.2) is 45.0 Å². The number of hydrogen-bond donors (Lipinski definition) is 2. The van der Waals surface area contributed by atoms with Crippen molar-refractivity contribution in [2.45, 2.75) is 22.0 Å². The Morgan fingerprint density at radius 3 is 2.86 bits per heavy atom. The first-order valence-electron chi connectivity index (χ1n) is 10.1. The van der Waals surface area contributed by atoms with E-state index >= 15 is 0 Å². The number of fused-ring (bicyclic) bond motifs is 2. The Morgan fingerprint density at radius 1 is 1.29 bits per heavy atom. The molecule has 0 aliphatic carbocycles. The van der Waals surface area contributed by atoms with Crippen LogP contribution in [-0.2, 0) is 20.8 Å². The van der Waals surface area contributed by atoms with Gasteiger partial charge in [0, 0.05) is 16.7 Å². The molecule has 2 aliphatic heterocycles. The average Bonchev–Trinajstić information content (AvgIpc) is 3.46. The van der Waals surface area contributed by atoms with Gasteiger partial charge in [-0.3, -0.25) is 19.3 Å². The minimum absolute atomic E-state index is 0.0759. The molecule has 13 heteroatoms. The number of thioether (sulfide) groups is 2. The van der Waals surface area contributed by atoms with E-state index in [2.05, 4.69) is 5.32 Å². The number of rotatable bonds is 7. The van der Waals surface area contributed by atoms with E-state index in [1.54, 1.807) is 17.6 Å². The summed E-state index contributed by atoms with van der Waals surface area (Å²) in [6.07, 6.45) is 1.84. The number of carbonyl (C=O) groups is 3. The Hall–Kier alpha value is -2.09. The van der Waals surface area contributed by atoms with Crippen molar-refractivity contribution < 1.29 is 19.5 Å². The molecule has 0 saturated carbocycles. The molecule has 5 rings (SSSR count). The Balaban J connectivity index is 1.30. The Kier molecular flexibility index (Phi) is 7.11. The van der Waals surface area contributed by atoms with Crippen molar-refractivity contribution >= 4 is 96.3 Å². The molecule has 0 radical (unpaired) electrons. The molecule has 5 heterocycles. The van der Waals surface area contributed by atoms with Gasteiger partial charge in [0.15, 0.2) is 5.43 Å². The van der Waals surface area contributed by atoms with Crippen molar-refractivity contribution in [3.8, 4) is 0 Å². The van der Waals surface area contributed by atoms with Crippen LogP contribution in [0.15, 0.2) is 61.4 Å². The SMILES string of the molecule is O=C(Cc1cccs1)NC1C(=O)N2C(C(=O)O)=C(/C=C/Sc3cc(=O)c4cc(Cl)sc4s3)CS[C@H]12. The number of carbonyl (C=O) groups excluding carboxylic acids is 2. The van der Waals surface area contributed by atoms with Crippen molar-refractivity contribution in [2.75, 3.05) is 5.75 Å². The monoisotopic (exact) mass is 582 g/mol. The summed E-state index contributed by atoms with van der Waals surface area (Å²) in [5.41, 5.74) is 0.307. The second-order valence-corrected chi connectivity index (χ2v) is 13.8. The highest BCUT2D eigenvalue weighted by atomic mass is 35.5. The molecule has 2 aliphatic rings. The Morgan fingerprint density at radius 2 is 2.11 bits per heavy atom. The fourth-order valence-electron chi connectivity index (χ4n) is 3.71. The molecular weight excluding hydrogens is 568 g/mol. The van der Waals surface area contributed by atoms with Crippen LogP contribution in [0.1, 0.15) is 4.88 Å². The summed E-state index contributed by atoms with van der Waals surface area (Å²) in [5.74, 6) is -1.52. The standard InChI is InChI=1S/C22H15ClN2O5S5/c23-14-7-12-13(26)8-16(35-22(12)34-14)32-5-3-10-9-33-20-17(19(28)25(20)18(10)21(29)30)24-15(27)6-11-2-1-4-31-11/h1-5,7-8,17,20H,6,9H2,(H,24,27)(H,29,30)/b5-3+/t17?,20-/m1/s1. The molecule has 0 spiro atoms. The van der Waals surface area contributed by atoms with Crippen LogP contribution in [0.2, 0.25) is 4.34 Å². The number of aliphatic carboxylic acids is 1. The molecule has 0 bridgehead atoms. The van der Waals surface area contributed by atoms with Crippen LogP contribution in [0.3, 0.4) is 0 Å². The van der Waals surface area contributed by atoms with Crippen LogP contribution in [0.4, 0.5) is 0 Å². The highest BCUT2D eigenvalue weighted by Gasteiger charge is 2.53. The lowest BCUT2D eigenvalue weighted by atomic mass is 10.0. The van der Waals surface area contributed by atoms with Crippen molar-refractivity contribution in [3.05, 3.63) is 71.8 Å². The van der Waals surface area contributed by atoms with Crippen molar-refractivity contribution in [1.29, 1.82) is 0 Å². The van der Waals surface area contributed by atoms with E-state index in [0.29, 0.717) is 21.0 Å². The predicted octanol–water partition coefficient (Wildman–Crippen LogP) is 4.63. The number of carboxylic acid groups (broad SMARTS) is 1. The van der Waals surface area contributed by atoms with Gasteiger partial charge >= 0.3 is 5.97 Å². The van der Waals surface area contributed by atoms with Crippen LogP contribution in [0, 0.1) is 0 Å². The Bertz CT molecular complexity index is 1460. The fourth-order valence-corrected chi connectivity index (χ4v) is 9.46. The molecule has 2 atom stereocenters. The molecule has 180 valence electrons. The molecule has 35 heavy (non-hydrogen) atoms. The molecule has 1 unspecified atom stereocenters. The number of hydrogen-bond acceptors (Lipinski definition) is 9. The van der Waals surface area contributed by atoms with E-state index in [0.717, 1.165) is 13.1 Å². The smallest absolute Gasteiger partial charge is 0.352 e.